The summed E-state index contributed by atoms with van der Waals surface area (Å²) in [7, 11) is -7.92. The van der Waals surface area contributed by atoms with Crippen LogP contribution in [0.2, 0.25) is 0 Å². The van der Waals surface area contributed by atoms with Gasteiger partial charge in [-0.25, -0.2) is 31.1 Å². The van der Waals surface area contributed by atoms with Gasteiger partial charge in [0.15, 0.2) is 0 Å². The van der Waals surface area contributed by atoms with E-state index in [1.807, 2.05) is 0 Å². The Hall–Kier alpha value is -2.38. The molecule has 0 radical (unpaired) electrons. The molecule has 162 valence electrons. The Balaban J connectivity index is 1.70. The van der Waals surface area contributed by atoms with Gasteiger partial charge in [0.05, 0.1) is 15.9 Å². The highest BCUT2D eigenvalue weighted by molar-refractivity contribution is 7.89. The number of hydrogen-bond donors (Lipinski definition) is 3. The van der Waals surface area contributed by atoms with Gasteiger partial charge >= 0.3 is 0 Å². The van der Waals surface area contributed by atoms with E-state index in [-0.39, 0.29) is 28.8 Å². The van der Waals surface area contributed by atoms with Gasteiger partial charge in [-0.1, -0.05) is 0 Å². The molecule has 1 saturated heterocycles. The smallest absolute Gasteiger partial charge is 0.255 e. The predicted molar refractivity (Wildman–Crippen MR) is 106 cm³/mol. The number of carbonyl (C=O) groups is 1. The molecule has 1 amide bonds. The first-order valence-electron chi connectivity index (χ1n) is 8.91. The topological polar surface area (TPSA) is 145 Å². The van der Waals surface area contributed by atoms with Crippen molar-refractivity contribution in [3.63, 3.8) is 0 Å². The lowest BCUT2D eigenvalue weighted by atomic mass is 10.2. The van der Waals surface area contributed by atoms with E-state index in [0.29, 0.717) is 6.61 Å². The molecule has 0 bridgehead atoms. The zero-order valence-corrected chi connectivity index (χ0v) is 17.3. The van der Waals surface area contributed by atoms with Gasteiger partial charge in [0.2, 0.25) is 20.0 Å². The molecular weight excluding hydrogens is 437 g/mol. The van der Waals surface area contributed by atoms with Gasteiger partial charge in [0.25, 0.3) is 5.91 Å². The van der Waals surface area contributed by atoms with Crippen molar-refractivity contribution in [1.82, 2.24) is 4.72 Å². The number of nitrogens with two attached hydrogens (primary N) is 1. The fourth-order valence-corrected chi connectivity index (χ4v) is 4.51. The lowest BCUT2D eigenvalue weighted by Gasteiger charge is -2.12. The molecule has 0 spiro atoms. The highest BCUT2D eigenvalue weighted by Gasteiger charge is 2.20. The van der Waals surface area contributed by atoms with E-state index in [2.05, 4.69) is 10.0 Å². The molecule has 1 atom stereocenters. The Morgan fingerprint density at radius 1 is 1.10 bits per heavy atom. The maximum Gasteiger partial charge on any atom is 0.255 e. The fraction of sp³-hybridized carbons (Fsp3) is 0.278. The molecule has 1 unspecified atom stereocenters. The second-order valence-corrected chi connectivity index (χ2v) is 10.0. The van der Waals surface area contributed by atoms with Gasteiger partial charge in [0, 0.05) is 24.4 Å². The Morgan fingerprint density at radius 3 is 2.40 bits per heavy atom. The first kappa shape index (κ1) is 22.3. The number of anilines is 1. The third kappa shape index (κ3) is 5.61. The van der Waals surface area contributed by atoms with Gasteiger partial charge in [0.1, 0.15) is 5.82 Å². The number of ether oxygens (including phenoxy) is 1. The highest BCUT2D eigenvalue weighted by atomic mass is 32.2. The molecule has 0 saturated carbocycles. The van der Waals surface area contributed by atoms with Gasteiger partial charge in [-0.2, -0.15) is 0 Å². The van der Waals surface area contributed by atoms with E-state index in [1.165, 1.54) is 24.3 Å². The minimum atomic E-state index is -4.16. The molecular formula is C18H20FN3O6S2. The number of amides is 1. The molecule has 30 heavy (non-hydrogen) atoms. The Labute approximate surface area is 173 Å². The van der Waals surface area contributed by atoms with Crippen molar-refractivity contribution in [3.05, 3.63) is 53.8 Å². The van der Waals surface area contributed by atoms with Crippen LogP contribution in [0.5, 0.6) is 0 Å². The van der Waals surface area contributed by atoms with Crippen LogP contribution in [-0.4, -0.2) is 42.0 Å². The van der Waals surface area contributed by atoms with E-state index in [0.717, 1.165) is 31.0 Å². The lowest BCUT2D eigenvalue weighted by Crippen LogP contribution is -2.31. The molecule has 1 heterocycles. The maximum atomic E-state index is 13.6. The number of primary sulfonamides is 1. The Morgan fingerprint density at radius 2 is 1.80 bits per heavy atom. The molecule has 1 fully saturated rings. The van der Waals surface area contributed by atoms with Crippen LogP contribution in [-0.2, 0) is 24.8 Å². The summed E-state index contributed by atoms with van der Waals surface area (Å²) < 4.78 is 69.0. The number of benzene rings is 2. The van der Waals surface area contributed by atoms with Crippen LogP contribution in [0.3, 0.4) is 0 Å². The number of rotatable bonds is 7. The summed E-state index contributed by atoms with van der Waals surface area (Å²) in [5.74, 6) is -1.58. The first-order valence-corrected chi connectivity index (χ1v) is 11.9. The van der Waals surface area contributed by atoms with Crippen molar-refractivity contribution in [2.24, 2.45) is 5.14 Å². The molecule has 9 nitrogen and oxygen atoms in total. The summed E-state index contributed by atoms with van der Waals surface area (Å²) >= 11 is 0. The van der Waals surface area contributed by atoms with E-state index >= 15 is 0 Å². The van der Waals surface area contributed by atoms with Crippen molar-refractivity contribution >= 4 is 31.6 Å². The fourth-order valence-electron chi connectivity index (χ4n) is 2.88. The van der Waals surface area contributed by atoms with Crippen LogP contribution in [0.15, 0.2) is 52.3 Å². The van der Waals surface area contributed by atoms with E-state index in [1.54, 1.807) is 0 Å². The second kappa shape index (κ2) is 8.78. The summed E-state index contributed by atoms with van der Waals surface area (Å²) in [6, 6.07) is 7.77. The predicted octanol–water partition coefficient (Wildman–Crippen LogP) is 1.18. The second-order valence-electron chi connectivity index (χ2n) is 6.69. The molecule has 2 aromatic carbocycles. The monoisotopic (exact) mass is 457 g/mol. The standard InChI is InChI=1S/C18H20FN3O6S2/c19-13-8-14(10-17(9-13)29(20,24)25)22-18(23)12-3-5-16(6-4-12)30(26,27)21-11-15-2-1-7-28-15/h3-6,8-10,15,21H,1-2,7,11H2,(H,22,23)(H2,20,24,25). The number of carbonyl (C=O) groups excluding carboxylic acids is 1. The van der Waals surface area contributed by atoms with Crippen LogP contribution < -0.4 is 15.2 Å². The number of halogens is 1. The van der Waals surface area contributed by atoms with Crippen LogP contribution in [0, 0.1) is 5.82 Å². The van der Waals surface area contributed by atoms with Crippen LogP contribution in [0.25, 0.3) is 0 Å². The lowest BCUT2D eigenvalue weighted by molar-refractivity contribution is 0.102. The first-order chi connectivity index (χ1) is 14.0. The molecule has 2 aromatic rings. The van der Waals surface area contributed by atoms with Crippen molar-refractivity contribution in [2.45, 2.75) is 28.7 Å². The zero-order chi connectivity index (χ0) is 21.9. The Bertz CT molecular complexity index is 1140. The molecule has 1 aliphatic rings. The van der Waals surface area contributed by atoms with Crippen molar-refractivity contribution in [1.29, 1.82) is 0 Å². The highest BCUT2D eigenvalue weighted by Crippen LogP contribution is 2.19. The minimum absolute atomic E-state index is 0.0284. The normalized spacial score (nSPS) is 17.1. The van der Waals surface area contributed by atoms with Crippen molar-refractivity contribution in [3.8, 4) is 0 Å². The summed E-state index contributed by atoms with van der Waals surface area (Å²) in [6.07, 6.45) is 1.52. The quantitative estimate of drug-likeness (QED) is 0.569. The van der Waals surface area contributed by atoms with Crippen molar-refractivity contribution < 1.29 is 30.8 Å². The summed E-state index contributed by atoms with van der Waals surface area (Å²) in [6.45, 7) is 0.775. The Kier molecular flexibility index (Phi) is 6.53. The summed E-state index contributed by atoms with van der Waals surface area (Å²) in [5, 5.41) is 7.33. The number of nitrogens with one attached hydrogen (secondary N) is 2. The van der Waals surface area contributed by atoms with Crippen LogP contribution in [0.4, 0.5) is 10.1 Å². The van der Waals surface area contributed by atoms with Crippen LogP contribution in [0.1, 0.15) is 23.2 Å². The van der Waals surface area contributed by atoms with E-state index < -0.39 is 36.7 Å². The van der Waals surface area contributed by atoms with Gasteiger partial charge < -0.3 is 10.1 Å². The third-order valence-electron chi connectivity index (χ3n) is 4.41. The molecule has 12 heteroatoms. The van der Waals surface area contributed by atoms with Crippen LogP contribution >= 0.6 is 0 Å². The average molecular weight is 458 g/mol. The molecule has 0 aliphatic carbocycles. The number of hydrogen-bond acceptors (Lipinski definition) is 6. The molecule has 0 aromatic heterocycles. The summed E-state index contributed by atoms with van der Waals surface area (Å²) in [4.78, 5) is 11.8. The largest absolute Gasteiger partial charge is 0.377 e. The van der Waals surface area contributed by atoms with Gasteiger partial charge in [-0.15, -0.1) is 0 Å². The molecule has 4 N–H and O–H groups in total. The van der Waals surface area contributed by atoms with Gasteiger partial charge in [-0.05, 0) is 55.3 Å². The molecule has 3 rings (SSSR count). The van der Waals surface area contributed by atoms with E-state index in [9.17, 15) is 26.0 Å². The zero-order valence-electron chi connectivity index (χ0n) is 15.7. The van der Waals surface area contributed by atoms with Gasteiger partial charge in [-0.3, -0.25) is 4.79 Å². The number of sulfonamides is 2. The third-order valence-corrected chi connectivity index (χ3v) is 6.74. The SMILES string of the molecule is NS(=O)(=O)c1cc(F)cc(NC(=O)c2ccc(S(=O)(=O)NCC3CCCO3)cc2)c1. The average Bonchev–Trinajstić information content (AvgIpc) is 3.19. The molecule has 1 aliphatic heterocycles. The maximum absolute atomic E-state index is 13.6. The van der Waals surface area contributed by atoms with E-state index in [4.69, 9.17) is 9.88 Å². The minimum Gasteiger partial charge on any atom is -0.377 e. The van der Waals surface area contributed by atoms with Crippen molar-refractivity contribution in [2.75, 3.05) is 18.5 Å². The summed E-state index contributed by atoms with van der Waals surface area (Å²) in [5.41, 5.74) is -0.0200.